The van der Waals surface area contributed by atoms with Crippen molar-refractivity contribution in [2.45, 2.75) is 45.1 Å². The Labute approximate surface area is 164 Å². The number of imide groups is 1. The second-order valence-electron chi connectivity index (χ2n) is 7.73. The predicted octanol–water partition coefficient (Wildman–Crippen LogP) is 1.56. The molecule has 1 aliphatic carbocycles. The summed E-state index contributed by atoms with van der Waals surface area (Å²) < 4.78 is 0. The largest absolute Gasteiger partial charge is 0.335 e. The first-order valence-electron chi connectivity index (χ1n) is 9.47. The van der Waals surface area contributed by atoms with Crippen LogP contribution < -0.4 is 10.6 Å². The molecule has 0 atom stereocenters. The fourth-order valence-electron chi connectivity index (χ4n) is 3.76. The van der Waals surface area contributed by atoms with Crippen molar-refractivity contribution in [1.29, 1.82) is 0 Å². The number of urea groups is 1. The lowest BCUT2D eigenvalue weighted by Crippen LogP contribution is -2.46. The van der Waals surface area contributed by atoms with Gasteiger partial charge in [0.25, 0.3) is 5.91 Å². The smallest absolute Gasteiger partial charge is 0.325 e. The molecule has 0 bridgehead atoms. The SMILES string of the molecule is Cc1ccc(C)c(NC(=O)CN(C)C(=O)CN2C(=O)NC3(CCCC3)C2=O)c1. The van der Waals surface area contributed by atoms with E-state index >= 15 is 0 Å². The topological polar surface area (TPSA) is 98.8 Å². The molecule has 5 amide bonds. The van der Waals surface area contributed by atoms with E-state index in [-0.39, 0.29) is 24.9 Å². The fraction of sp³-hybridized carbons (Fsp3) is 0.500. The van der Waals surface area contributed by atoms with Crippen molar-refractivity contribution in [1.82, 2.24) is 15.1 Å². The predicted molar refractivity (Wildman–Crippen MR) is 104 cm³/mol. The first-order valence-corrected chi connectivity index (χ1v) is 9.47. The molecule has 8 heteroatoms. The number of carbonyl (C=O) groups is 4. The maximum absolute atomic E-state index is 12.6. The van der Waals surface area contributed by atoms with E-state index < -0.39 is 17.5 Å². The quantitative estimate of drug-likeness (QED) is 0.751. The lowest BCUT2D eigenvalue weighted by atomic mass is 9.98. The molecule has 28 heavy (non-hydrogen) atoms. The van der Waals surface area contributed by atoms with Crippen LogP contribution in [-0.2, 0) is 14.4 Å². The van der Waals surface area contributed by atoms with Gasteiger partial charge in [-0.05, 0) is 43.9 Å². The average Bonchev–Trinajstić information content (AvgIpc) is 3.19. The van der Waals surface area contributed by atoms with Gasteiger partial charge in [0, 0.05) is 12.7 Å². The molecule has 2 aliphatic rings. The summed E-state index contributed by atoms with van der Waals surface area (Å²) in [5.41, 5.74) is 1.80. The van der Waals surface area contributed by atoms with Crippen LogP contribution in [0.5, 0.6) is 0 Å². The molecule has 1 heterocycles. The summed E-state index contributed by atoms with van der Waals surface area (Å²) in [6.07, 6.45) is 2.98. The summed E-state index contributed by atoms with van der Waals surface area (Å²) in [6.45, 7) is 3.29. The number of benzene rings is 1. The first kappa shape index (κ1) is 19.9. The Kier molecular flexibility index (Phi) is 5.40. The summed E-state index contributed by atoms with van der Waals surface area (Å²) in [5.74, 6) is -1.14. The third-order valence-electron chi connectivity index (χ3n) is 5.47. The molecule has 1 saturated carbocycles. The van der Waals surface area contributed by atoms with Crippen LogP contribution in [0, 0.1) is 13.8 Å². The molecule has 150 valence electrons. The van der Waals surface area contributed by atoms with Gasteiger partial charge in [0.15, 0.2) is 0 Å². The van der Waals surface area contributed by atoms with E-state index in [0.29, 0.717) is 18.5 Å². The third kappa shape index (κ3) is 3.85. The van der Waals surface area contributed by atoms with Gasteiger partial charge >= 0.3 is 6.03 Å². The molecular formula is C20H26N4O4. The van der Waals surface area contributed by atoms with Crippen LogP contribution in [0.1, 0.15) is 36.8 Å². The molecule has 0 unspecified atom stereocenters. The first-order chi connectivity index (χ1) is 13.2. The van der Waals surface area contributed by atoms with E-state index in [1.165, 1.54) is 11.9 Å². The minimum atomic E-state index is -0.837. The minimum Gasteiger partial charge on any atom is -0.335 e. The van der Waals surface area contributed by atoms with Crippen LogP contribution >= 0.6 is 0 Å². The highest BCUT2D eigenvalue weighted by atomic mass is 16.2. The molecule has 2 fully saturated rings. The summed E-state index contributed by atoms with van der Waals surface area (Å²) in [7, 11) is 1.48. The molecule has 1 spiro atoms. The Morgan fingerprint density at radius 2 is 1.89 bits per heavy atom. The third-order valence-corrected chi connectivity index (χ3v) is 5.47. The molecule has 0 radical (unpaired) electrons. The van der Waals surface area contributed by atoms with Crippen LogP contribution in [0.4, 0.5) is 10.5 Å². The van der Waals surface area contributed by atoms with E-state index in [4.69, 9.17) is 0 Å². The molecular weight excluding hydrogens is 360 g/mol. The molecule has 1 aliphatic heterocycles. The second kappa shape index (κ2) is 7.61. The fourth-order valence-corrected chi connectivity index (χ4v) is 3.76. The molecule has 2 N–H and O–H groups in total. The maximum Gasteiger partial charge on any atom is 0.325 e. The Bertz CT molecular complexity index is 829. The molecule has 1 aromatic rings. The zero-order valence-corrected chi connectivity index (χ0v) is 16.5. The number of carbonyl (C=O) groups excluding carboxylic acids is 4. The average molecular weight is 386 g/mol. The van der Waals surface area contributed by atoms with Crippen LogP contribution in [-0.4, -0.2) is 59.2 Å². The lowest BCUT2D eigenvalue weighted by molar-refractivity contribution is -0.139. The number of hydrogen-bond donors (Lipinski definition) is 2. The Morgan fingerprint density at radius 1 is 1.21 bits per heavy atom. The number of rotatable bonds is 5. The number of amides is 5. The van der Waals surface area contributed by atoms with Crippen LogP contribution in [0.2, 0.25) is 0 Å². The monoisotopic (exact) mass is 386 g/mol. The van der Waals surface area contributed by atoms with Gasteiger partial charge in [-0.25, -0.2) is 4.79 Å². The van der Waals surface area contributed by atoms with Gasteiger partial charge in [-0.15, -0.1) is 0 Å². The highest BCUT2D eigenvalue weighted by molar-refractivity contribution is 6.09. The molecule has 3 rings (SSSR count). The second-order valence-corrected chi connectivity index (χ2v) is 7.73. The zero-order chi connectivity index (χ0) is 20.5. The van der Waals surface area contributed by atoms with Gasteiger partial charge in [0.05, 0.1) is 6.54 Å². The normalized spacial score (nSPS) is 17.8. The van der Waals surface area contributed by atoms with Crippen molar-refractivity contribution in [2.24, 2.45) is 0 Å². The Balaban J connectivity index is 1.57. The highest BCUT2D eigenvalue weighted by Crippen LogP contribution is 2.34. The van der Waals surface area contributed by atoms with Gasteiger partial charge in [-0.1, -0.05) is 25.0 Å². The van der Waals surface area contributed by atoms with Gasteiger partial charge in [0.2, 0.25) is 11.8 Å². The molecule has 1 saturated heterocycles. The number of anilines is 1. The van der Waals surface area contributed by atoms with Crippen molar-refractivity contribution in [3.63, 3.8) is 0 Å². The van der Waals surface area contributed by atoms with E-state index in [1.54, 1.807) is 0 Å². The minimum absolute atomic E-state index is 0.166. The number of hydrogen-bond acceptors (Lipinski definition) is 4. The lowest BCUT2D eigenvalue weighted by Gasteiger charge is -2.22. The van der Waals surface area contributed by atoms with E-state index in [9.17, 15) is 19.2 Å². The molecule has 0 aromatic heterocycles. The molecule has 1 aromatic carbocycles. The van der Waals surface area contributed by atoms with Crippen molar-refractivity contribution in [3.05, 3.63) is 29.3 Å². The van der Waals surface area contributed by atoms with Gasteiger partial charge in [0.1, 0.15) is 12.1 Å². The van der Waals surface area contributed by atoms with Crippen molar-refractivity contribution in [2.75, 3.05) is 25.5 Å². The van der Waals surface area contributed by atoms with Gasteiger partial charge in [-0.2, -0.15) is 0 Å². The van der Waals surface area contributed by atoms with Crippen LogP contribution in [0.15, 0.2) is 18.2 Å². The highest BCUT2D eigenvalue weighted by Gasteiger charge is 2.52. The van der Waals surface area contributed by atoms with E-state index in [0.717, 1.165) is 28.9 Å². The van der Waals surface area contributed by atoms with E-state index in [2.05, 4.69) is 10.6 Å². The molecule has 8 nitrogen and oxygen atoms in total. The number of likely N-dealkylation sites (N-methyl/N-ethyl adjacent to an activating group) is 1. The van der Waals surface area contributed by atoms with Gasteiger partial charge < -0.3 is 15.5 Å². The zero-order valence-electron chi connectivity index (χ0n) is 16.5. The Morgan fingerprint density at radius 3 is 2.57 bits per heavy atom. The summed E-state index contributed by atoms with van der Waals surface area (Å²) >= 11 is 0. The van der Waals surface area contributed by atoms with Gasteiger partial charge in [-0.3, -0.25) is 19.3 Å². The van der Waals surface area contributed by atoms with Crippen molar-refractivity contribution in [3.8, 4) is 0 Å². The van der Waals surface area contributed by atoms with Crippen LogP contribution in [0.25, 0.3) is 0 Å². The van der Waals surface area contributed by atoms with Crippen molar-refractivity contribution < 1.29 is 19.2 Å². The Hall–Kier alpha value is -2.90. The number of nitrogens with zero attached hydrogens (tertiary/aromatic N) is 2. The van der Waals surface area contributed by atoms with Crippen molar-refractivity contribution >= 4 is 29.4 Å². The van der Waals surface area contributed by atoms with Crippen LogP contribution in [0.3, 0.4) is 0 Å². The van der Waals surface area contributed by atoms with E-state index in [1.807, 2.05) is 32.0 Å². The summed E-state index contributed by atoms with van der Waals surface area (Å²) in [5, 5.41) is 5.54. The summed E-state index contributed by atoms with van der Waals surface area (Å²) in [6, 6.07) is 5.20. The standard InChI is InChI=1S/C20H26N4O4/c1-13-6-7-14(2)15(10-13)21-16(25)11-23(3)17(26)12-24-18(27)20(22-19(24)28)8-4-5-9-20/h6-7,10H,4-5,8-9,11-12H2,1-3H3,(H,21,25)(H,22,28). The summed E-state index contributed by atoms with van der Waals surface area (Å²) in [4.78, 5) is 51.8. The number of nitrogens with one attached hydrogen (secondary N) is 2. The number of aryl methyl sites for hydroxylation is 2. The maximum atomic E-state index is 12.6.